The largest absolute Gasteiger partial charge is 0.416 e. The van der Waals surface area contributed by atoms with Crippen molar-refractivity contribution in [2.24, 2.45) is 0 Å². The van der Waals surface area contributed by atoms with Gasteiger partial charge >= 0.3 is 6.18 Å². The Morgan fingerprint density at radius 1 is 1.19 bits per heavy atom. The summed E-state index contributed by atoms with van der Waals surface area (Å²) in [7, 11) is 0.947. The minimum absolute atomic E-state index is 0.215. The standard InChI is InChI=1S/C12H13ClF3NO3S/c13-21(18,19)11-6-9(5-10(7-11)12(14,15)16)8-17-1-3-20-4-2-17/h5-7H,1-4,8H2. The van der Waals surface area contributed by atoms with Crippen LogP contribution in [0.4, 0.5) is 13.2 Å². The van der Waals surface area contributed by atoms with E-state index >= 15 is 0 Å². The van der Waals surface area contributed by atoms with Crippen molar-refractivity contribution in [3.05, 3.63) is 29.3 Å². The Morgan fingerprint density at radius 3 is 2.33 bits per heavy atom. The summed E-state index contributed by atoms with van der Waals surface area (Å²) >= 11 is 0. The van der Waals surface area contributed by atoms with Gasteiger partial charge < -0.3 is 4.74 Å². The fraction of sp³-hybridized carbons (Fsp3) is 0.500. The van der Waals surface area contributed by atoms with Gasteiger partial charge in [-0.05, 0) is 23.8 Å². The van der Waals surface area contributed by atoms with Gasteiger partial charge in [-0.2, -0.15) is 13.2 Å². The van der Waals surface area contributed by atoms with Crippen LogP contribution < -0.4 is 0 Å². The Labute approximate surface area is 124 Å². The van der Waals surface area contributed by atoms with E-state index in [0.717, 1.165) is 6.07 Å². The molecule has 0 aromatic heterocycles. The maximum absolute atomic E-state index is 12.8. The normalized spacial score (nSPS) is 17.9. The molecule has 0 spiro atoms. The monoisotopic (exact) mass is 343 g/mol. The van der Waals surface area contributed by atoms with Crippen LogP contribution in [0, 0.1) is 0 Å². The minimum Gasteiger partial charge on any atom is -0.379 e. The molecule has 1 aliphatic heterocycles. The molecule has 1 fully saturated rings. The molecule has 0 N–H and O–H groups in total. The van der Waals surface area contributed by atoms with E-state index in [2.05, 4.69) is 0 Å². The van der Waals surface area contributed by atoms with Crippen molar-refractivity contribution in [2.75, 3.05) is 26.3 Å². The third-order valence-electron chi connectivity index (χ3n) is 3.09. The Kier molecular flexibility index (Phi) is 4.82. The van der Waals surface area contributed by atoms with Gasteiger partial charge in [0, 0.05) is 30.3 Å². The van der Waals surface area contributed by atoms with Crippen LogP contribution in [0.1, 0.15) is 11.1 Å². The average Bonchev–Trinajstić information content (AvgIpc) is 2.37. The van der Waals surface area contributed by atoms with Gasteiger partial charge in [0.15, 0.2) is 0 Å². The number of hydrogen-bond donors (Lipinski definition) is 0. The van der Waals surface area contributed by atoms with Gasteiger partial charge in [-0.25, -0.2) is 8.42 Å². The maximum atomic E-state index is 12.8. The molecule has 1 aliphatic rings. The Bertz CT molecular complexity index is 613. The molecule has 4 nitrogen and oxygen atoms in total. The molecule has 1 saturated heterocycles. The van der Waals surface area contributed by atoms with E-state index in [9.17, 15) is 21.6 Å². The van der Waals surface area contributed by atoms with Gasteiger partial charge in [0.2, 0.25) is 0 Å². The topological polar surface area (TPSA) is 46.6 Å². The summed E-state index contributed by atoms with van der Waals surface area (Å²) in [5.41, 5.74) is -0.765. The van der Waals surface area contributed by atoms with Crippen molar-refractivity contribution < 1.29 is 26.3 Å². The van der Waals surface area contributed by atoms with Crippen LogP contribution in [0.3, 0.4) is 0 Å². The van der Waals surface area contributed by atoms with Crippen LogP contribution in [-0.2, 0) is 26.5 Å². The van der Waals surface area contributed by atoms with Crippen molar-refractivity contribution in [2.45, 2.75) is 17.6 Å². The van der Waals surface area contributed by atoms with Gasteiger partial charge in [0.25, 0.3) is 9.05 Å². The molecule has 1 heterocycles. The fourth-order valence-corrected chi connectivity index (χ4v) is 2.90. The van der Waals surface area contributed by atoms with Crippen molar-refractivity contribution in [1.82, 2.24) is 4.90 Å². The van der Waals surface area contributed by atoms with Gasteiger partial charge in [0.1, 0.15) is 0 Å². The number of nitrogens with zero attached hydrogens (tertiary/aromatic N) is 1. The van der Waals surface area contributed by atoms with Gasteiger partial charge in [-0.15, -0.1) is 0 Å². The number of benzene rings is 1. The number of halogens is 4. The van der Waals surface area contributed by atoms with Crippen LogP contribution in [0.15, 0.2) is 23.1 Å². The van der Waals surface area contributed by atoms with E-state index in [-0.39, 0.29) is 12.1 Å². The quantitative estimate of drug-likeness (QED) is 0.791. The minimum atomic E-state index is -4.63. The van der Waals surface area contributed by atoms with Gasteiger partial charge in [0.05, 0.1) is 23.7 Å². The highest BCUT2D eigenvalue weighted by molar-refractivity contribution is 8.13. The highest BCUT2D eigenvalue weighted by Gasteiger charge is 2.32. The number of morpholine rings is 1. The third kappa shape index (κ3) is 4.57. The summed E-state index contributed by atoms with van der Waals surface area (Å²) in [6.45, 7) is 2.38. The van der Waals surface area contributed by atoms with Crippen LogP contribution in [0.2, 0.25) is 0 Å². The number of alkyl halides is 3. The molecule has 0 saturated carbocycles. The van der Waals surface area contributed by atoms with Crippen molar-refractivity contribution in [1.29, 1.82) is 0 Å². The smallest absolute Gasteiger partial charge is 0.379 e. The summed E-state index contributed by atoms with van der Waals surface area (Å²) in [5.74, 6) is 0. The lowest BCUT2D eigenvalue weighted by Crippen LogP contribution is -2.35. The van der Waals surface area contributed by atoms with Crippen LogP contribution in [0.25, 0.3) is 0 Å². The summed E-state index contributed by atoms with van der Waals surface area (Å²) in [5, 5.41) is 0. The van der Waals surface area contributed by atoms with Crippen molar-refractivity contribution in [3.63, 3.8) is 0 Å². The lowest BCUT2D eigenvalue weighted by molar-refractivity contribution is -0.137. The highest BCUT2D eigenvalue weighted by atomic mass is 35.7. The lowest BCUT2D eigenvalue weighted by Gasteiger charge is -2.27. The number of rotatable bonds is 3. The Morgan fingerprint density at radius 2 is 1.81 bits per heavy atom. The lowest BCUT2D eigenvalue weighted by atomic mass is 10.1. The molecule has 1 aromatic carbocycles. The van der Waals surface area contributed by atoms with Gasteiger partial charge in [-0.1, -0.05) is 0 Å². The molecule has 21 heavy (non-hydrogen) atoms. The third-order valence-corrected chi connectivity index (χ3v) is 4.42. The molecule has 9 heteroatoms. The molecular weight excluding hydrogens is 331 g/mol. The van der Waals surface area contributed by atoms with Crippen LogP contribution in [0.5, 0.6) is 0 Å². The average molecular weight is 344 g/mol. The predicted molar refractivity (Wildman–Crippen MR) is 70.6 cm³/mol. The fourth-order valence-electron chi connectivity index (χ4n) is 2.07. The first-order valence-corrected chi connectivity index (χ1v) is 8.43. The second-order valence-corrected chi connectivity index (χ2v) is 7.26. The van der Waals surface area contributed by atoms with E-state index in [1.807, 2.05) is 4.90 Å². The zero-order valence-corrected chi connectivity index (χ0v) is 12.4. The van der Waals surface area contributed by atoms with E-state index in [1.54, 1.807) is 0 Å². The van der Waals surface area contributed by atoms with Crippen molar-refractivity contribution >= 4 is 19.7 Å². The molecule has 1 aromatic rings. The predicted octanol–water partition coefficient (Wildman–Crippen LogP) is 2.47. The maximum Gasteiger partial charge on any atom is 0.416 e. The second-order valence-electron chi connectivity index (χ2n) is 4.69. The summed E-state index contributed by atoms with van der Waals surface area (Å²) < 4.78 is 66.3. The first-order chi connectivity index (χ1) is 9.66. The van der Waals surface area contributed by atoms with E-state index in [1.165, 1.54) is 6.07 Å². The molecule has 118 valence electrons. The first-order valence-electron chi connectivity index (χ1n) is 6.12. The second kappa shape index (κ2) is 6.12. The van der Waals surface area contributed by atoms with E-state index in [0.29, 0.717) is 32.4 Å². The zero-order chi connectivity index (χ0) is 15.7. The number of ether oxygens (including phenoxy) is 1. The molecule has 0 aliphatic carbocycles. The van der Waals surface area contributed by atoms with Crippen LogP contribution in [-0.4, -0.2) is 39.6 Å². The van der Waals surface area contributed by atoms with Crippen molar-refractivity contribution in [3.8, 4) is 0 Å². The summed E-state index contributed by atoms with van der Waals surface area (Å²) in [6, 6.07) is 2.67. The van der Waals surface area contributed by atoms with E-state index in [4.69, 9.17) is 15.4 Å². The summed E-state index contributed by atoms with van der Waals surface area (Å²) in [6.07, 6.45) is -4.63. The molecular formula is C12H13ClF3NO3S. The molecule has 0 atom stereocenters. The Balaban J connectivity index is 2.35. The van der Waals surface area contributed by atoms with E-state index < -0.39 is 25.7 Å². The first kappa shape index (κ1) is 16.5. The van der Waals surface area contributed by atoms with Crippen LogP contribution >= 0.6 is 10.7 Å². The van der Waals surface area contributed by atoms with Gasteiger partial charge in [-0.3, -0.25) is 4.90 Å². The molecule has 0 radical (unpaired) electrons. The molecule has 0 amide bonds. The molecule has 0 unspecified atom stereocenters. The Hall–Kier alpha value is -0.830. The zero-order valence-electron chi connectivity index (χ0n) is 10.9. The number of hydrogen-bond acceptors (Lipinski definition) is 4. The highest BCUT2D eigenvalue weighted by Crippen LogP contribution is 2.32. The SMILES string of the molecule is O=S(=O)(Cl)c1cc(CN2CCOCC2)cc(C(F)(F)F)c1. The summed E-state index contributed by atoms with van der Waals surface area (Å²) in [4.78, 5) is 1.35. The molecule has 2 rings (SSSR count). The molecule has 0 bridgehead atoms.